The van der Waals surface area contributed by atoms with E-state index in [-0.39, 0.29) is 17.2 Å². The number of carboxylic acid groups (broad SMARTS) is 1. The van der Waals surface area contributed by atoms with E-state index in [0.717, 1.165) is 42.0 Å². The lowest BCUT2D eigenvalue weighted by atomic mass is 9.92. The number of benzene rings is 2. The fraction of sp³-hybridized carbons (Fsp3) is 0.214. The van der Waals surface area contributed by atoms with Gasteiger partial charge in [-0.25, -0.2) is 4.79 Å². The van der Waals surface area contributed by atoms with Gasteiger partial charge in [-0.1, -0.05) is 36.4 Å². The number of aromatic nitrogens is 1. The molecule has 0 saturated heterocycles. The van der Waals surface area contributed by atoms with Crippen molar-refractivity contribution in [2.45, 2.75) is 31.1 Å². The Kier molecular flexibility index (Phi) is 5.46. The van der Waals surface area contributed by atoms with Crippen molar-refractivity contribution in [1.29, 1.82) is 5.26 Å². The molecule has 0 radical (unpaired) electrons. The van der Waals surface area contributed by atoms with E-state index in [1.165, 1.54) is 17.2 Å². The number of allylic oxidation sites excluding steroid dienone is 1. The summed E-state index contributed by atoms with van der Waals surface area (Å²) in [5, 5.41) is 21.2. The number of carboxylic acids is 1. The molecular weight excluding hydrogens is 426 g/mol. The lowest BCUT2D eigenvalue weighted by Crippen LogP contribution is -2.20. The fourth-order valence-corrected chi connectivity index (χ4v) is 5.13. The van der Waals surface area contributed by atoms with Gasteiger partial charge in [0.05, 0.1) is 11.6 Å². The number of hydrogen-bond donors (Lipinski definition) is 2. The second-order valence-electron chi connectivity index (χ2n) is 8.94. The second kappa shape index (κ2) is 8.60. The zero-order valence-electron chi connectivity index (χ0n) is 18.5. The lowest BCUT2D eigenvalue weighted by Gasteiger charge is -2.15. The quantitative estimate of drug-likeness (QED) is 0.534. The van der Waals surface area contributed by atoms with E-state index < -0.39 is 5.97 Å². The summed E-state index contributed by atoms with van der Waals surface area (Å²) in [7, 11) is 0. The van der Waals surface area contributed by atoms with Gasteiger partial charge in [-0.2, -0.15) is 5.26 Å². The number of aryl methyl sites for hydroxylation is 1. The van der Waals surface area contributed by atoms with Crippen LogP contribution in [0, 0.1) is 17.2 Å². The molecule has 1 heterocycles. The number of nitrogens with one attached hydrogen (secondary N) is 1. The van der Waals surface area contributed by atoms with E-state index in [0.29, 0.717) is 17.7 Å². The largest absolute Gasteiger partial charge is 0.478 e. The van der Waals surface area contributed by atoms with E-state index in [4.69, 9.17) is 5.11 Å². The van der Waals surface area contributed by atoms with Gasteiger partial charge in [0, 0.05) is 35.5 Å². The van der Waals surface area contributed by atoms with Crippen molar-refractivity contribution >= 4 is 17.6 Å². The average Bonchev–Trinajstić information content (AvgIpc) is 3.48. The zero-order chi connectivity index (χ0) is 23.7. The highest BCUT2D eigenvalue weighted by molar-refractivity contribution is 5.97. The molecule has 1 amide bonds. The van der Waals surface area contributed by atoms with Gasteiger partial charge in [0.15, 0.2) is 0 Å². The van der Waals surface area contributed by atoms with Gasteiger partial charge in [-0.15, -0.1) is 0 Å². The maximum absolute atomic E-state index is 13.3. The van der Waals surface area contributed by atoms with Crippen molar-refractivity contribution in [2.24, 2.45) is 5.92 Å². The second-order valence-corrected chi connectivity index (χ2v) is 8.94. The molecule has 0 bridgehead atoms. The number of carbonyl (C=O) groups excluding carboxylic acids is 1. The average molecular weight is 450 g/mol. The highest BCUT2D eigenvalue weighted by Gasteiger charge is 2.61. The van der Waals surface area contributed by atoms with Gasteiger partial charge in [-0.3, -0.25) is 9.78 Å². The first kappa shape index (κ1) is 21.6. The van der Waals surface area contributed by atoms with E-state index in [1.807, 2.05) is 18.3 Å². The molecule has 2 aliphatic rings. The molecule has 34 heavy (non-hydrogen) atoms. The number of hydrogen-bond acceptors (Lipinski definition) is 4. The lowest BCUT2D eigenvalue weighted by molar-refractivity contribution is -0.131. The van der Waals surface area contributed by atoms with Crippen LogP contribution in [0.4, 0.5) is 5.69 Å². The standard InChI is InChI=1S/C28H23N3O3/c29-16-18-6-7-20(3-1-5-26(32)33)25(13-18)31-27(34)24-15-28(24)11-10-19-8-9-21(14-23(19)28)22-4-2-12-30-17-22/h1-2,4-9,12-14,17,24H,3,10-11,15H2,(H,31,34)(H,32,33)/t24-,28-/m0/s1. The molecular formula is C28H23N3O3. The summed E-state index contributed by atoms with van der Waals surface area (Å²) in [6.45, 7) is 0. The number of pyridine rings is 1. The Morgan fingerprint density at radius 1 is 1.21 bits per heavy atom. The number of fused-ring (bicyclic) bond motifs is 2. The van der Waals surface area contributed by atoms with Crippen LogP contribution in [0.1, 0.15) is 35.1 Å². The molecule has 168 valence electrons. The Balaban J connectivity index is 1.38. The third-order valence-electron chi connectivity index (χ3n) is 6.97. The minimum atomic E-state index is -1.02. The summed E-state index contributed by atoms with van der Waals surface area (Å²) in [5.74, 6) is -1.21. The van der Waals surface area contributed by atoms with Crippen LogP contribution in [0.3, 0.4) is 0 Å². The molecule has 1 fully saturated rings. The highest BCUT2D eigenvalue weighted by Crippen LogP contribution is 2.62. The Labute approximate surface area is 197 Å². The number of amides is 1. The van der Waals surface area contributed by atoms with Crippen LogP contribution in [0.5, 0.6) is 0 Å². The van der Waals surface area contributed by atoms with E-state index >= 15 is 0 Å². The van der Waals surface area contributed by atoms with Crippen LogP contribution in [0.2, 0.25) is 0 Å². The SMILES string of the molecule is N#Cc1ccc(CC=CC(=O)O)c(NC(=O)[C@@H]2C[C@]23CCc2ccc(-c4cccnc4)cc23)c1. The highest BCUT2D eigenvalue weighted by atomic mass is 16.4. The molecule has 1 spiro atoms. The molecule has 0 aliphatic heterocycles. The third-order valence-corrected chi connectivity index (χ3v) is 6.97. The molecule has 0 unspecified atom stereocenters. The van der Waals surface area contributed by atoms with Crippen LogP contribution in [-0.4, -0.2) is 22.0 Å². The van der Waals surface area contributed by atoms with Crippen LogP contribution < -0.4 is 5.32 Å². The number of aliphatic carboxylic acids is 1. The third kappa shape index (κ3) is 3.97. The molecule has 5 rings (SSSR count). The van der Waals surface area contributed by atoms with Crippen LogP contribution in [0.25, 0.3) is 11.1 Å². The van der Waals surface area contributed by atoms with Crippen LogP contribution in [0.15, 0.2) is 73.1 Å². The maximum Gasteiger partial charge on any atom is 0.327 e. The molecule has 1 aromatic heterocycles. The zero-order valence-corrected chi connectivity index (χ0v) is 18.5. The monoisotopic (exact) mass is 449 g/mol. The Morgan fingerprint density at radius 2 is 2.09 bits per heavy atom. The normalized spacial score (nSPS) is 20.1. The van der Waals surface area contributed by atoms with Crippen molar-refractivity contribution in [3.63, 3.8) is 0 Å². The van der Waals surface area contributed by atoms with Gasteiger partial charge >= 0.3 is 5.97 Å². The van der Waals surface area contributed by atoms with Crippen molar-refractivity contribution in [1.82, 2.24) is 4.98 Å². The molecule has 2 N–H and O–H groups in total. The van der Waals surface area contributed by atoms with Crippen LogP contribution >= 0.6 is 0 Å². The van der Waals surface area contributed by atoms with Gasteiger partial charge < -0.3 is 10.4 Å². The van der Waals surface area contributed by atoms with Gasteiger partial charge in [0.2, 0.25) is 5.91 Å². The fourth-order valence-electron chi connectivity index (χ4n) is 5.13. The number of nitrogens with zero attached hydrogens (tertiary/aromatic N) is 2. The number of carbonyl (C=O) groups is 2. The molecule has 2 atom stereocenters. The predicted molar refractivity (Wildman–Crippen MR) is 128 cm³/mol. The summed E-state index contributed by atoms with van der Waals surface area (Å²) in [5.41, 5.74) is 6.34. The first-order valence-corrected chi connectivity index (χ1v) is 11.3. The van der Waals surface area contributed by atoms with E-state index in [1.54, 1.807) is 24.4 Å². The maximum atomic E-state index is 13.3. The molecule has 2 aliphatic carbocycles. The topological polar surface area (TPSA) is 103 Å². The van der Waals surface area contributed by atoms with Gasteiger partial charge in [-0.05, 0) is 71.7 Å². The van der Waals surface area contributed by atoms with Gasteiger partial charge in [0.1, 0.15) is 0 Å². The summed E-state index contributed by atoms with van der Waals surface area (Å²) in [6.07, 6.45) is 9.27. The molecule has 6 heteroatoms. The minimum Gasteiger partial charge on any atom is -0.478 e. The smallest absolute Gasteiger partial charge is 0.327 e. The molecule has 3 aromatic rings. The van der Waals surface area contributed by atoms with Crippen molar-refractivity contribution in [2.75, 3.05) is 5.32 Å². The first-order valence-electron chi connectivity index (χ1n) is 11.3. The minimum absolute atomic E-state index is 0.0572. The first-order chi connectivity index (χ1) is 16.5. The Hall–Kier alpha value is -4.24. The Morgan fingerprint density at radius 3 is 2.85 bits per heavy atom. The predicted octanol–water partition coefficient (Wildman–Crippen LogP) is 4.65. The summed E-state index contributed by atoms with van der Waals surface area (Å²) in [6, 6.07) is 17.6. The summed E-state index contributed by atoms with van der Waals surface area (Å²) >= 11 is 0. The van der Waals surface area contributed by atoms with Crippen molar-refractivity contribution in [3.8, 4) is 17.2 Å². The molecule has 6 nitrogen and oxygen atoms in total. The van der Waals surface area contributed by atoms with Crippen LogP contribution in [-0.2, 0) is 27.8 Å². The molecule has 1 saturated carbocycles. The number of anilines is 1. The molecule has 2 aromatic carbocycles. The van der Waals surface area contributed by atoms with Crippen molar-refractivity contribution < 1.29 is 14.7 Å². The van der Waals surface area contributed by atoms with E-state index in [2.05, 4.69) is 34.6 Å². The summed E-state index contributed by atoms with van der Waals surface area (Å²) < 4.78 is 0. The Bertz CT molecular complexity index is 1360. The number of nitriles is 1. The van der Waals surface area contributed by atoms with Crippen molar-refractivity contribution in [3.05, 3.63) is 95.3 Å². The van der Waals surface area contributed by atoms with Gasteiger partial charge in [0.25, 0.3) is 0 Å². The number of rotatable bonds is 6. The van der Waals surface area contributed by atoms with E-state index in [9.17, 15) is 14.9 Å². The summed E-state index contributed by atoms with van der Waals surface area (Å²) in [4.78, 5) is 28.3.